The number of amides is 1. The minimum absolute atomic E-state index is 0. The lowest BCUT2D eigenvalue weighted by molar-refractivity contribution is -0.117. The third kappa shape index (κ3) is 6.10. The number of hydrogen-bond donors (Lipinski definition) is 2. The number of carbonyl (C=O) groups excluding carboxylic acids is 1. The molecule has 3 N–H and O–H groups in total. The van der Waals surface area contributed by atoms with Gasteiger partial charge in [0, 0.05) is 5.38 Å². The Balaban J connectivity index is 0.00000450. The highest BCUT2D eigenvalue weighted by atomic mass is 32.2. The van der Waals surface area contributed by atoms with E-state index >= 15 is 0 Å². The number of halogens is 1. The average molecular weight is 476 g/mol. The number of aromatic nitrogens is 1. The Bertz CT molecular complexity index is 1030. The quantitative estimate of drug-likeness (QED) is 0.648. The molecule has 0 saturated heterocycles. The average Bonchev–Trinajstić information content (AvgIpc) is 3.04. The maximum absolute atomic E-state index is 14.5. The lowest BCUT2D eigenvalue weighted by Gasteiger charge is -2.19. The van der Waals surface area contributed by atoms with Crippen LogP contribution in [0.2, 0.25) is 0 Å². The van der Waals surface area contributed by atoms with E-state index < -0.39 is 21.4 Å². The fraction of sp³-hybridized carbons (Fsp3) is 0.500. The van der Waals surface area contributed by atoms with E-state index in [0.717, 1.165) is 16.9 Å². The van der Waals surface area contributed by atoms with Crippen LogP contribution in [0.15, 0.2) is 26.2 Å². The second-order valence-electron chi connectivity index (χ2n) is 8.13. The fourth-order valence-electron chi connectivity index (χ4n) is 3.06. The first kappa shape index (κ1) is 26.7. The highest BCUT2D eigenvalue weighted by molar-refractivity contribution is 7.93. The van der Waals surface area contributed by atoms with Crippen molar-refractivity contribution in [2.24, 2.45) is 9.50 Å². The van der Waals surface area contributed by atoms with Crippen LogP contribution in [0, 0.1) is 5.82 Å². The molecule has 2 rings (SSSR count). The van der Waals surface area contributed by atoms with Crippen molar-refractivity contribution in [1.29, 1.82) is 0 Å². The van der Waals surface area contributed by atoms with Crippen molar-refractivity contribution < 1.29 is 18.5 Å². The van der Waals surface area contributed by atoms with Gasteiger partial charge >= 0.3 is 0 Å². The first-order chi connectivity index (χ1) is 13.2. The zero-order valence-corrected chi connectivity index (χ0v) is 20.7. The third-order valence-corrected chi connectivity index (χ3v) is 7.17. The molecule has 0 aliphatic heterocycles. The van der Waals surface area contributed by atoms with Crippen LogP contribution in [0.3, 0.4) is 0 Å². The van der Waals surface area contributed by atoms with Gasteiger partial charge < -0.3 is 5.11 Å². The molecule has 168 valence electrons. The maximum Gasteiger partial charge on any atom is 0.259 e. The van der Waals surface area contributed by atoms with Crippen molar-refractivity contribution in [2.45, 2.75) is 69.7 Å². The number of nitrogens with two attached hydrogens (primary N) is 1. The van der Waals surface area contributed by atoms with E-state index in [9.17, 15) is 18.5 Å². The van der Waals surface area contributed by atoms with Crippen LogP contribution in [0.4, 0.5) is 4.39 Å². The number of thiazole rings is 1. The molecule has 0 aliphatic carbocycles. The van der Waals surface area contributed by atoms with Crippen LogP contribution >= 0.6 is 24.8 Å². The van der Waals surface area contributed by atoms with Gasteiger partial charge in [-0.2, -0.15) is 13.5 Å². The number of nitrogens with zero attached hydrogens (tertiary/aromatic N) is 2. The van der Waals surface area contributed by atoms with Gasteiger partial charge in [-0.15, -0.1) is 15.7 Å². The summed E-state index contributed by atoms with van der Waals surface area (Å²) in [5.41, 5.74) is 0.944. The van der Waals surface area contributed by atoms with E-state index in [0.29, 0.717) is 16.8 Å². The second-order valence-corrected chi connectivity index (χ2v) is 10.9. The number of hydrogen-bond acceptors (Lipinski definition) is 5. The molecule has 0 aliphatic rings. The van der Waals surface area contributed by atoms with Gasteiger partial charge in [0.05, 0.1) is 12.1 Å². The Hall–Kier alpha value is -1.33. The molecule has 10 heteroatoms. The van der Waals surface area contributed by atoms with Crippen molar-refractivity contribution in [3.63, 3.8) is 0 Å². The van der Waals surface area contributed by atoms with Crippen molar-refractivity contribution in [3.8, 4) is 0 Å². The lowest BCUT2D eigenvalue weighted by Crippen LogP contribution is -2.19. The molecule has 0 saturated carbocycles. The van der Waals surface area contributed by atoms with Crippen LogP contribution in [0.25, 0.3) is 0 Å². The van der Waals surface area contributed by atoms with Gasteiger partial charge in [0.2, 0.25) is 4.34 Å². The van der Waals surface area contributed by atoms with E-state index in [1.165, 1.54) is 25.3 Å². The van der Waals surface area contributed by atoms with Crippen LogP contribution < -0.4 is 5.14 Å². The molecule has 6 nitrogen and oxygen atoms in total. The standard InChI is InChI=1S/C20H28FN3O3S2.H2S/c1-11(2)13-7-8-15(21)18(12(3)4)14(13)9-17(25)24-29(22,27)19-23-16(10-28-19)20(5,6)26;/h7-8,10-12,26H,9H2,1-6H3,(H2,22,24,25,27);1H2. The first-order valence-electron chi connectivity index (χ1n) is 9.31. The first-order valence-corrected chi connectivity index (χ1v) is 11.8. The summed E-state index contributed by atoms with van der Waals surface area (Å²) in [4.78, 5) is 16.7. The van der Waals surface area contributed by atoms with E-state index in [4.69, 9.17) is 5.14 Å². The summed E-state index contributed by atoms with van der Waals surface area (Å²) in [7, 11) is -3.57. The molecule has 0 radical (unpaired) electrons. The van der Waals surface area contributed by atoms with Crippen LogP contribution in [-0.4, -0.2) is 20.2 Å². The normalized spacial score (nSPS) is 13.8. The molecule has 1 aromatic heterocycles. The Morgan fingerprint density at radius 1 is 1.30 bits per heavy atom. The molecular formula is C20H30FN3O3S3. The molecule has 1 atom stereocenters. The summed E-state index contributed by atoms with van der Waals surface area (Å²) in [6.07, 6.45) is -0.198. The zero-order chi connectivity index (χ0) is 22.1. The minimum atomic E-state index is -3.57. The largest absolute Gasteiger partial charge is 0.384 e. The predicted molar refractivity (Wildman–Crippen MR) is 124 cm³/mol. The molecule has 30 heavy (non-hydrogen) atoms. The van der Waals surface area contributed by atoms with E-state index in [-0.39, 0.29) is 41.9 Å². The number of carbonyl (C=O) groups is 1. The van der Waals surface area contributed by atoms with Gasteiger partial charge in [-0.25, -0.2) is 18.7 Å². The molecule has 0 spiro atoms. The van der Waals surface area contributed by atoms with Gasteiger partial charge in [0.15, 0.2) is 9.92 Å². The summed E-state index contributed by atoms with van der Waals surface area (Å²) in [6.45, 7) is 10.7. The summed E-state index contributed by atoms with van der Waals surface area (Å²) in [5.74, 6) is -1.14. The van der Waals surface area contributed by atoms with Crippen LogP contribution in [0.5, 0.6) is 0 Å². The maximum atomic E-state index is 14.5. The van der Waals surface area contributed by atoms with Crippen molar-refractivity contribution in [1.82, 2.24) is 4.98 Å². The number of rotatable bonds is 6. The Labute approximate surface area is 188 Å². The highest BCUT2D eigenvalue weighted by Gasteiger charge is 2.24. The van der Waals surface area contributed by atoms with E-state index in [1.807, 2.05) is 27.7 Å². The van der Waals surface area contributed by atoms with Crippen LogP contribution in [0.1, 0.15) is 75.8 Å². The molecule has 1 heterocycles. The topological polar surface area (TPSA) is 106 Å². The van der Waals surface area contributed by atoms with Crippen LogP contribution in [-0.2, 0) is 26.7 Å². The number of benzene rings is 1. The Morgan fingerprint density at radius 2 is 1.90 bits per heavy atom. The third-order valence-electron chi connectivity index (χ3n) is 4.47. The molecule has 0 bridgehead atoms. The molecule has 1 aromatic carbocycles. The van der Waals surface area contributed by atoms with E-state index in [2.05, 4.69) is 9.35 Å². The minimum Gasteiger partial charge on any atom is -0.384 e. The SMILES string of the molecule is CC(C)c1ccc(F)c(C(C)C)c1CC(=O)N=S(N)(=O)c1nc(C(C)(C)O)cs1.S. The summed E-state index contributed by atoms with van der Waals surface area (Å²) in [5, 5.41) is 17.4. The Kier molecular flexibility index (Phi) is 8.78. The fourth-order valence-corrected chi connectivity index (χ4v) is 5.25. The number of aliphatic hydroxyl groups is 1. The summed E-state index contributed by atoms with van der Waals surface area (Å²) < 4.78 is 31.0. The second kappa shape index (κ2) is 9.86. The van der Waals surface area contributed by atoms with Gasteiger partial charge in [-0.3, -0.25) is 4.79 Å². The molecule has 1 unspecified atom stereocenters. The van der Waals surface area contributed by atoms with Crippen molar-refractivity contribution >= 4 is 40.7 Å². The summed E-state index contributed by atoms with van der Waals surface area (Å²) in [6, 6.07) is 3.08. The molecule has 0 fully saturated rings. The monoisotopic (exact) mass is 475 g/mol. The van der Waals surface area contributed by atoms with Gasteiger partial charge in [0.25, 0.3) is 5.91 Å². The lowest BCUT2D eigenvalue weighted by atomic mass is 9.86. The zero-order valence-electron chi connectivity index (χ0n) is 18.0. The molecule has 1 amide bonds. The van der Waals surface area contributed by atoms with E-state index in [1.54, 1.807) is 6.07 Å². The van der Waals surface area contributed by atoms with Gasteiger partial charge in [0.1, 0.15) is 11.4 Å². The summed E-state index contributed by atoms with van der Waals surface area (Å²) >= 11 is 0.973. The van der Waals surface area contributed by atoms with Gasteiger partial charge in [-0.1, -0.05) is 33.8 Å². The smallest absolute Gasteiger partial charge is 0.259 e. The Morgan fingerprint density at radius 3 is 2.37 bits per heavy atom. The highest BCUT2D eigenvalue weighted by Crippen LogP contribution is 2.31. The molecular weight excluding hydrogens is 445 g/mol. The van der Waals surface area contributed by atoms with Gasteiger partial charge in [-0.05, 0) is 48.4 Å². The predicted octanol–water partition coefficient (Wildman–Crippen LogP) is 4.34. The molecule has 2 aromatic rings. The van der Waals surface area contributed by atoms with Crippen molar-refractivity contribution in [2.75, 3.05) is 0 Å². The van der Waals surface area contributed by atoms with Crippen molar-refractivity contribution in [3.05, 3.63) is 45.7 Å².